The molecule has 1 aliphatic heterocycles. The third-order valence-corrected chi connectivity index (χ3v) is 13.0. The van der Waals surface area contributed by atoms with Gasteiger partial charge in [0.1, 0.15) is 0 Å². The Morgan fingerprint density at radius 2 is 1.21 bits per heavy atom. The van der Waals surface area contributed by atoms with Crippen LogP contribution in [-0.2, 0) is 47.4 Å². The first-order chi connectivity index (χ1) is 28.7. The van der Waals surface area contributed by atoms with Gasteiger partial charge in [-0.25, -0.2) is 0 Å². The molecule has 0 unspecified atom stereocenters. The maximum atomic E-state index is 6.93. The van der Waals surface area contributed by atoms with E-state index in [0.29, 0.717) is 11.5 Å². The summed E-state index contributed by atoms with van der Waals surface area (Å²) in [5.74, 6) is 2.22. The summed E-state index contributed by atoms with van der Waals surface area (Å²) in [6.07, 6.45) is 3.91. The Kier molecular flexibility index (Phi) is 11.0. The van der Waals surface area contributed by atoms with Gasteiger partial charge < -0.3 is 0 Å². The fourth-order valence-electron chi connectivity index (χ4n) is 8.25. The van der Waals surface area contributed by atoms with Crippen molar-refractivity contribution in [2.75, 3.05) is 11.4 Å². The summed E-state index contributed by atoms with van der Waals surface area (Å²) >= 11 is 2.45. The standard InChI is InChI=1S/C55H60N4O.Pt/c1-52(2,3)38-22-24-42(25-23-38)58-36-59(49-21-14-13-20-48(49)58)43-17-15-18-44(33-43)60-45-34-47(37-29-40(54(7,8)9)31-41(30-37)55(10,11)12)46-19-16-28-57(50(46)35-45)51-32-39(26-27-56-51)53(4,5)6;/h13-15,17-18,20-27,29-32,34H,16,19,28H2,1-12H3;/q-2;. The number of anilines is 2. The first-order valence-electron chi connectivity index (χ1n) is 21.7. The van der Waals surface area contributed by atoms with E-state index in [9.17, 15) is 0 Å². The van der Waals surface area contributed by atoms with E-state index in [1.54, 1.807) is 0 Å². The van der Waals surface area contributed by atoms with Gasteiger partial charge in [-0.15, -0.1) is 0 Å². The third-order valence-electron chi connectivity index (χ3n) is 12.0. The van der Waals surface area contributed by atoms with Gasteiger partial charge in [0, 0.05) is 6.20 Å². The van der Waals surface area contributed by atoms with Crippen LogP contribution in [0.15, 0.2) is 109 Å². The van der Waals surface area contributed by atoms with Crippen molar-refractivity contribution < 1.29 is 24.1 Å². The average molecular weight is 988 g/mol. The molecule has 0 saturated heterocycles. The number of imidazole rings is 1. The number of rotatable bonds is 6. The zero-order chi connectivity index (χ0) is 43.6. The molecule has 0 saturated carbocycles. The molecule has 0 bridgehead atoms. The van der Waals surface area contributed by atoms with Crippen LogP contribution < -0.4 is 9.64 Å². The molecule has 8 rings (SSSR count). The Hall–Kier alpha value is -4.99. The van der Waals surface area contributed by atoms with Crippen LogP contribution in [0.5, 0.6) is 11.5 Å². The van der Waals surface area contributed by atoms with Crippen LogP contribution in [0.1, 0.15) is 117 Å². The van der Waals surface area contributed by atoms with E-state index < -0.39 is 0 Å². The second-order valence-electron chi connectivity index (χ2n) is 20.8. The minimum absolute atomic E-state index is 0.00714. The molecule has 0 N–H and O–H groups in total. The van der Waals surface area contributed by atoms with Crippen LogP contribution in [0, 0.1) is 15.9 Å². The molecule has 0 aliphatic carbocycles. The zero-order valence-corrected chi connectivity index (χ0v) is 40.3. The van der Waals surface area contributed by atoms with E-state index in [4.69, 9.17) is 9.72 Å². The molecular formula is C55H60N4OPt-2. The van der Waals surface area contributed by atoms with Gasteiger partial charge in [0.05, 0.1) is 0 Å². The average Bonchev–Trinajstić information content (AvgIpc) is 3.50. The normalized spacial score (nSPS) is 13.8. The number of pyridine rings is 1. The van der Waals surface area contributed by atoms with E-state index >= 15 is 0 Å². The predicted molar refractivity (Wildman–Crippen MR) is 250 cm³/mol. The van der Waals surface area contributed by atoms with Gasteiger partial charge >= 0.3 is 274 Å². The summed E-state index contributed by atoms with van der Waals surface area (Å²) in [4.78, 5) is 7.31. The summed E-state index contributed by atoms with van der Waals surface area (Å²) in [5.41, 5.74) is 14.2. The van der Waals surface area contributed by atoms with Crippen LogP contribution in [0.4, 0.5) is 11.5 Å². The number of fused-ring (bicyclic) bond motifs is 2. The van der Waals surface area contributed by atoms with Gasteiger partial charge in [-0.3, -0.25) is 0 Å². The van der Waals surface area contributed by atoms with Gasteiger partial charge in [0.2, 0.25) is 0 Å². The summed E-state index contributed by atoms with van der Waals surface area (Å²) in [6.45, 7) is 28.2. The molecule has 7 aromatic rings. The molecule has 1 aliphatic rings. The number of hydrogen-bond acceptors (Lipinski definition) is 3. The van der Waals surface area contributed by atoms with E-state index in [0.717, 1.165) is 57.1 Å². The van der Waals surface area contributed by atoms with Crippen LogP contribution in [0.2, 0.25) is 0 Å². The molecule has 6 heteroatoms. The molecule has 0 fully saturated rings. The number of aromatic nitrogens is 3. The van der Waals surface area contributed by atoms with Crippen molar-refractivity contribution in [1.29, 1.82) is 0 Å². The van der Waals surface area contributed by atoms with Crippen molar-refractivity contribution in [3.63, 3.8) is 0 Å². The number of benzene rings is 5. The van der Waals surface area contributed by atoms with Crippen LogP contribution >= 0.6 is 0 Å². The van der Waals surface area contributed by atoms with Gasteiger partial charge in [0.15, 0.2) is 0 Å². The summed E-state index contributed by atoms with van der Waals surface area (Å²) in [5, 5.41) is 0. The molecule has 318 valence electrons. The van der Waals surface area contributed by atoms with Gasteiger partial charge in [-0.1, -0.05) is 68.4 Å². The third kappa shape index (κ3) is 8.61. The Balaban J connectivity index is 1.27. The van der Waals surface area contributed by atoms with Crippen molar-refractivity contribution in [1.82, 2.24) is 14.1 Å². The summed E-state index contributed by atoms with van der Waals surface area (Å²) in [6, 6.07) is 44.9. The topological polar surface area (TPSA) is 35.2 Å². The molecule has 61 heavy (non-hydrogen) atoms. The van der Waals surface area contributed by atoms with E-state index in [1.807, 2.05) is 12.3 Å². The molecule has 0 atom stereocenters. The minimum atomic E-state index is -0.0245. The quantitative estimate of drug-likeness (QED) is 0.156. The van der Waals surface area contributed by atoms with Crippen molar-refractivity contribution in [2.45, 2.75) is 118 Å². The maximum absolute atomic E-state index is 6.93. The fraction of sp³-hybridized carbons (Fsp3) is 0.345. The Morgan fingerprint density at radius 1 is 0.590 bits per heavy atom. The molecular weight excluding hydrogens is 928 g/mol. The van der Waals surface area contributed by atoms with Gasteiger partial charge in [0.25, 0.3) is 0 Å². The summed E-state index contributed by atoms with van der Waals surface area (Å²) < 4.78 is 12.6. The molecule has 3 heterocycles. The first kappa shape index (κ1) is 42.7. The monoisotopic (exact) mass is 987 g/mol. The number of ether oxygens (including phenoxy) is 1. The van der Waals surface area contributed by atoms with Crippen LogP contribution in [0.3, 0.4) is 0 Å². The first-order valence-corrected chi connectivity index (χ1v) is 22.8. The Bertz CT molecular complexity index is 2780. The molecule has 5 aromatic carbocycles. The fourth-order valence-corrected chi connectivity index (χ4v) is 9.36. The van der Waals surface area contributed by atoms with Crippen molar-refractivity contribution in [2.24, 2.45) is 0 Å². The van der Waals surface area contributed by atoms with Crippen molar-refractivity contribution in [3.8, 4) is 34.0 Å². The Labute approximate surface area is 374 Å². The van der Waals surface area contributed by atoms with Crippen molar-refractivity contribution in [3.05, 3.63) is 153 Å². The molecule has 5 nitrogen and oxygen atoms in total. The second-order valence-corrected chi connectivity index (χ2v) is 21.8. The molecule has 2 aromatic heterocycles. The SMILES string of the molecule is CC(C)(C)c1ccc(-n2[c](=[Pt])n(-c3[c-]c(Oc4[c-]c5c(c(-c6cc(C(C)(C)C)cc(C(C)(C)C)c6)c4)CCCN5c4cc(C(C)(C)C)ccn4)ccc3)c3ccccc32)cc1. The number of nitrogens with zero attached hydrogens (tertiary/aromatic N) is 4. The van der Waals surface area contributed by atoms with E-state index in [1.165, 1.54) is 38.9 Å². The summed E-state index contributed by atoms with van der Waals surface area (Å²) in [7, 11) is 0. The van der Waals surface area contributed by atoms with Gasteiger partial charge in [-0.05, 0) is 27.9 Å². The second kappa shape index (κ2) is 15.7. The molecule has 0 radical (unpaired) electrons. The van der Waals surface area contributed by atoms with Crippen LogP contribution in [-0.4, -0.2) is 20.7 Å². The molecule has 0 amide bonds. The van der Waals surface area contributed by atoms with Crippen LogP contribution in [0.25, 0.3) is 33.5 Å². The number of hydrogen-bond donors (Lipinski definition) is 0. The Morgan fingerprint density at radius 3 is 1.84 bits per heavy atom. The molecule has 0 spiro atoms. The number of para-hydroxylation sites is 2. The van der Waals surface area contributed by atoms with E-state index in [2.05, 4.69) is 226 Å². The van der Waals surface area contributed by atoms with Gasteiger partial charge in [-0.2, -0.15) is 0 Å². The predicted octanol–water partition coefficient (Wildman–Crippen LogP) is 14.2. The zero-order valence-electron chi connectivity index (χ0n) is 38.0. The van der Waals surface area contributed by atoms with Crippen molar-refractivity contribution >= 4 is 22.5 Å². The van der Waals surface area contributed by atoms with E-state index in [-0.39, 0.29) is 21.7 Å².